The van der Waals surface area contributed by atoms with Crippen molar-refractivity contribution in [2.75, 3.05) is 0 Å². The number of benzene rings is 3. The number of carboxylic acids is 1. The normalized spacial score (nSPS) is 13.9. The van der Waals surface area contributed by atoms with Crippen LogP contribution in [0.4, 0.5) is 0 Å². The van der Waals surface area contributed by atoms with Gasteiger partial charge in [0.25, 0.3) is 5.91 Å². The molecule has 1 aliphatic rings. The van der Waals surface area contributed by atoms with Gasteiger partial charge in [-0.1, -0.05) is 60.2 Å². The molecule has 0 radical (unpaired) electrons. The van der Waals surface area contributed by atoms with Crippen molar-refractivity contribution in [1.82, 2.24) is 5.32 Å². The summed E-state index contributed by atoms with van der Waals surface area (Å²) in [5.74, 6) is -1.18. The maximum absolute atomic E-state index is 12.5. The minimum atomic E-state index is -1.10. The third kappa shape index (κ3) is 5.20. The van der Waals surface area contributed by atoms with Gasteiger partial charge in [0.05, 0.1) is 0 Å². The molecule has 0 saturated heterocycles. The number of carboxylic acid groups (broad SMARTS) is 1. The molecule has 1 aliphatic carbocycles. The quantitative estimate of drug-likeness (QED) is 0.532. The van der Waals surface area contributed by atoms with E-state index < -0.39 is 11.5 Å². The minimum absolute atomic E-state index is 0.180. The number of hydrogen-bond donors (Lipinski definition) is 2. The van der Waals surface area contributed by atoms with Crippen LogP contribution in [0.15, 0.2) is 66.7 Å². The fourth-order valence-corrected chi connectivity index (χ4v) is 3.98. The molecule has 0 aliphatic heterocycles. The second kappa shape index (κ2) is 9.02. The van der Waals surface area contributed by atoms with Crippen LogP contribution in [0.1, 0.15) is 45.5 Å². The first-order valence-corrected chi connectivity index (χ1v) is 11.1. The van der Waals surface area contributed by atoms with Crippen molar-refractivity contribution in [3.63, 3.8) is 0 Å². The van der Waals surface area contributed by atoms with E-state index in [-0.39, 0.29) is 11.7 Å². The second-order valence-electron chi connectivity index (χ2n) is 8.94. The summed E-state index contributed by atoms with van der Waals surface area (Å²) in [5.41, 5.74) is 5.64. The van der Waals surface area contributed by atoms with Crippen LogP contribution in [-0.4, -0.2) is 28.3 Å². The molecule has 2 N–H and O–H groups in total. The topological polar surface area (TPSA) is 83.5 Å². The van der Waals surface area contributed by atoms with Crippen molar-refractivity contribution in [2.24, 2.45) is 0 Å². The van der Waals surface area contributed by atoms with Crippen molar-refractivity contribution < 1.29 is 19.5 Å². The first kappa shape index (κ1) is 22.5. The van der Waals surface area contributed by atoms with Crippen LogP contribution in [0, 0.1) is 13.8 Å². The molecule has 0 aromatic heterocycles. The fourth-order valence-electron chi connectivity index (χ4n) is 3.98. The Kier molecular flexibility index (Phi) is 6.14. The summed E-state index contributed by atoms with van der Waals surface area (Å²) in [5, 5.41) is 11.9. The molecule has 33 heavy (non-hydrogen) atoms. The number of Topliss-reactive ketones (excluding diaryl/α,β-unsaturated/α-hetero) is 1. The van der Waals surface area contributed by atoms with Crippen LogP contribution in [0.3, 0.4) is 0 Å². The maximum atomic E-state index is 12.5. The zero-order chi connectivity index (χ0) is 23.6. The van der Waals surface area contributed by atoms with Gasteiger partial charge < -0.3 is 10.4 Å². The number of ketones is 1. The average Bonchev–Trinajstić information content (AvgIpc) is 3.57. The highest BCUT2D eigenvalue weighted by Crippen LogP contribution is 2.35. The van der Waals surface area contributed by atoms with Crippen molar-refractivity contribution in [3.05, 3.63) is 94.5 Å². The summed E-state index contributed by atoms with van der Waals surface area (Å²) >= 11 is 0. The van der Waals surface area contributed by atoms with Crippen LogP contribution >= 0.6 is 0 Å². The molecule has 168 valence electrons. The Hall–Kier alpha value is -3.73. The van der Waals surface area contributed by atoms with Gasteiger partial charge in [-0.2, -0.15) is 0 Å². The predicted molar refractivity (Wildman–Crippen MR) is 127 cm³/mol. The third-order valence-electron chi connectivity index (χ3n) is 6.23. The Labute approximate surface area is 193 Å². The van der Waals surface area contributed by atoms with Gasteiger partial charge in [0.15, 0.2) is 0 Å². The van der Waals surface area contributed by atoms with Crippen LogP contribution in [0.5, 0.6) is 0 Å². The van der Waals surface area contributed by atoms with Gasteiger partial charge in [0, 0.05) is 18.4 Å². The molecule has 5 nitrogen and oxygen atoms in total. The molecule has 3 aromatic carbocycles. The van der Waals surface area contributed by atoms with Crippen molar-refractivity contribution in [2.45, 2.75) is 45.1 Å². The summed E-state index contributed by atoms with van der Waals surface area (Å²) < 4.78 is 0. The lowest BCUT2D eigenvalue weighted by Gasteiger charge is -2.12. The molecule has 1 amide bonds. The van der Waals surface area contributed by atoms with E-state index in [1.165, 1.54) is 5.56 Å². The van der Waals surface area contributed by atoms with E-state index in [0.29, 0.717) is 31.2 Å². The van der Waals surface area contributed by atoms with Gasteiger partial charge in [-0.3, -0.25) is 9.59 Å². The first-order valence-electron chi connectivity index (χ1n) is 11.1. The van der Waals surface area contributed by atoms with Crippen molar-refractivity contribution in [1.29, 1.82) is 0 Å². The third-order valence-corrected chi connectivity index (χ3v) is 6.23. The van der Waals surface area contributed by atoms with Gasteiger partial charge in [0.1, 0.15) is 11.3 Å². The molecule has 3 aromatic rings. The molecule has 0 heterocycles. The zero-order valence-corrected chi connectivity index (χ0v) is 18.9. The lowest BCUT2D eigenvalue weighted by atomic mass is 9.97. The standard InChI is InChI=1S/C28H27NO4/c1-18-3-6-24(19(2)15-18)17-25(30)16-20-4-7-21(8-5-20)22-9-11-23(12-10-22)26(31)29-28(13-14-28)27(32)33/h3-12,15H,13-14,16-17H2,1-2H3,(H,29,31)(H,32,33). The van der Waals surface area contributed by atoms with Crippen LogP contribution in [0.25, 0.3) is 11.1 Å². The highest BCUT2D eigenvalue weighted by atomic mass is 16.4. The molecule has 4 rings (SSSR count). The predicted octanol–water partition coefficient (Wildman–Crippen LogP) is 4.67. The van der Waals surface area contributed by atoms with Crippen LogP contribution in [-0.2, 0) is 22.4 Å². The Bertz CT molecular complexity index is 1210. The van der Waals surface area contributed by atoms with Gasteiger partial charge >= 0.3 is 5.97 Å². The van der Waals surface area contributed by atoms with E-state index in [2.05, 4.69) is 11.4 Å². The smallest absolute Gasteiger partial charge is 0.329 e. The molecular weight excluding hydrogens is 414 g/mol. The largest absolute Gasteiger partial charge is 0.480 e. The lowest BCUT2D eigenvalue weighted by Crippen LogP contribution is -2.43. The molecule has 5 heteroatoms. The number of amides is 1. The molecule has 1 saturated carbocycles. The zero-order valence-electron chi connectivity index (χ0n) is 18.9. The van der Waals surface area contributed by atoms with Gasteiger partial charge in [-0.15, -0.1) is 0 Å². The number of carbonyl (C=O) groups is 3. The summed E-state index contributed by atoms with van der Waals surface area (Å²) in [6, 6.07) is 21.1. The molecular formula is C28H27NO4. The fraction of sp³-hybridized carbons (Fsp3) is 0.250. The monoisotopic (exact) mass is 441 g/mol. The van der Waals surface area contributed by atoms with Crippen LogP contribution < -0.4 is 5.32 Å². The maximum Gasteiger partial charge on any atom is 0.329 e. The Morgan fingerprint density at radius 3 is 2.00 bits per heavy atom. The number of aryl methyl sites for hydroxylation is 2. The first-order chi connectivity index (χ1) is 15.8. The highest BCUT2D eigenvalue weighted by Gasteiger charge is 2.51. The van der Waals surface area contributed by atoms with E-state index in [1.807, 2.05) is 62.4 Å². The summed E-state index contributed by atoms with van der Waals surface area (Å²) in [6.07, 6.45) is 1.75. The number of carbonyl (C=O) groups excluding carboxylic acids is 2. The van der Waals surface area contributed by atoms with Crippen molar-refractivity contribution in [3.8, 4) is 11.1 Å². The molecule has 0 bridgehead atoms. The lowest BCUT2D eigenvalue weighted by molar-refractivity contribution is -0.140. The molecule has 0 unspecified atom stereocenters. The SMILES string of the molecule is Cc1ccc(CC(=O)Cc2ccc(-c3ccc(C(=O)NC4(C(=O)O)CC4)cc3)cc2)c(C)c1. The number of rotatable bonds is 8. The van der Waals surface area contributed by atoms with E-state index in [4.69, 9.17) is 0 Å². The Morgan fingerprint density at radius 2 is 1.45 bits per heavy atom. The van der Waals surface area contributed by atoms with Crippen molar-refractivity contribution >= 4 is 17.7 Å². The van der Waals surface area contributed by atoms with E-state index >= 15 is 0 Å². The minimum Gasteiger partial charge on any atom is -0.480 e. The summed E-state index contributed by atoms with van der Waals surface area (Å²) in [6.45, 7) is 4.08. The number of aliphatic carboxylic acids is 1. The molecule has 0 spiro atoms. The number of nitrogens with one attached hydrogen (secondary N) is 1. The van der Waals surface area contributed by atoms with E-state index in [9.17, 15) is 19.5 Å². The van der Waals surface area contributed by atoms with E-state index in [1.54, 1.807) is 12.1 Å². The molecule has 1 fully saturated rings. The summed E-state index contributed by atoms with van der Waals surface area (Å²) in [4.78, 5) is 36.2. The highest BCUT2D eigenvalue weighted by molar-refractivity contribution is 5.99. The van der Waals surface area contributed by atoms with E-state index in [0.717, 1.165) is 27.8 Å². The van der Waals surface area contributed by atoms with Gasteiger partial charge in [0.2, 0.25) is 0 Å². The van der Waals surface area contributed by atoms with Crippen LogP contribution in [0.2, 0.25) is 0 Å². The Balaban J connectivity index is 1.37. The Morgan fingerprint density at radius 1 is 0.848 bits per heavy atom. The molecule has 0 atom stereocenters. The second-order valence-corrected chi connectivity index (χ2v) is 8.94. The van der Waals surface area contributed by atoms with Gasteiger partial charge in [-0.25, -0.2) is 4.79 Å². The van der Waals surface area contributed by atoms with Gasteiger partial charge in [-0.05, 0) is 66.6 Å². The summed E-state index contributed by atoms with van der Waals surface area (Å²) in [7, 11) is 0. The number of hydrogen-bond acceptors (Lipinski definition) is 3. The average molecular weight is 442 g/mol.